The molecule has 0 unspecified atom stereocenters. The van der Waals surface area contributed by atoms with Gasteiger partial charge in [0.15, 0.2) is 0 Å². The summed E-state index contributed by atoms with van der Waals surface area (Å²) in [6.07, 6.45) is 0. The quantitative estimate of drug-likeness (QED) is 0.842. The highest BCUT2D eigenvalue weighted by Gasteiger charge is 2.19. The lowest BCUT2D eigenvalue weighted by Crippen LogP contribution is -2.15. The second kappa shape index (κ2) is 4.85. The molecular weight excluding hydrogens is 269 g/mol. The Hall–Kier alpha value is -2.15. The molecule has 0 bridgehead atoms. The average Bonchev–Trinajstić information content (AvgIpc) is 2.27. The highest BCUT2D eigenvalue weighted by molar-refractivity contribution is 7.92. The molecule has 0 saturated carbocycles. The Labute approximate surface area is 110 Å². The summed E-state index contributed by atoms with van der Waals surface area (Å²) in [6.45, 7) is 1.72. The third-order valence-electron chi connectivity index (χ3n) is 2.37. The fourth-order valence-corrected chi connectivity index (χ4v) is 2.59. The van der Waals surface area contributed by atoms with Gasteiger partial charge in [-0.05, 0) is 37.3 Å². The van der Waals surface area contributed by atoms with Crippen molar-refractivity contribution in [2.24, 2.45) is 0 Å². The van der Waals surface area contributed by atoms with E-state index in [0.29, 0.717) is 5.69 Å². The lowest BCUT2D eigenvalue weighted by atomic mass is 10.3. The highest BCUT2D eigenvalue weighted by Crippen LogP contribution is 2.19. The monoisotopic (exact) mass is 281 g/mol. The molecule has 100 valence electrons. The Balaban J connectivity index is 2.38. The predicted octanol–water partition coefficient (Wildman–Crippen LogP) is 1.91. The molecule has 1 heterocycles. The smallest absolute Gasteiger partial charge is 0.265 e. The SMILES string of the molecule is Cc1cccc(NS(=O)(=O)c2ccc(N)cc2F)n1. The average molecular weight is 281 g/mol. The number of hydrogen-bond acceptors (Lipinski definition) is 4. The Bertz CT molecular complexity index is 717. The molecule has 1 aromatic carbocycles. The number of nitrogens with zero attached hydrogens (tertiary/aromatic N) is 1. The van der Waals surface area contributed by atoms with Gasteiger partial charge in [0.1, 0.15) is 16.5 Å². The molecule has 5 nitrogen and oxygen atoms in total. The molecule has 7 heteroatoms. The van der Waals surface area contributed by atoms with Crippen LogP contribution in [0.25, 0.3) is 0 Å². The first-order valence-electron chi connectivity index (χ1n) is 5.40. The molecular formula is C12H12FN3O2S. The van der Waals surface area contributed by atoms with Gasteiger partial charge in [-0.15, -0.1) is 0 Å². The molecule has 0 saturated heterocycles. The maximum absolute atomic E-state index is 13.6. The van der Waals surface area contributed by atoms with E-state index in [1.807, 2.05) is 0 Å². The van der Waals surface area contributed by atoms with E-state index in [1.165, 1.54) is 12.1 Å². The van der Waals surface area contributed by atoms with Gasteiger partial charge in [-0.25, -0.2) is 17.8 Å². The Morgan fingerprint density at radius 2 is 2.00 bits per heavy atom. The van der Waals surface area contributed by atoms with Gasteiger partial charge in [-0.1, -0.05) is 6.07 Å². The van der Waals surface area contributed by atoms with Crippen LogP contribution in [0.3, 0.4) is 0 Å². The molecule has 0 radical (unpaired) electrons. The van der Waals surface area contributed by atoms with Gasteiger partial charge < -0.3 is 5.73 Å². The van der Waals surface area contributed by atoms with E-state index in [-0.39, 0.29) is 11.5 Å². The maximum atomic E-state index is 13.6. The van der Waals surface area contributed by atoms with Crippen LogP contribution in [-0.2, 0) is 10.0 Å². The maximum Gasteiger partial charge on any atom is 0.265 e. The number of nitrogens with two attached hydrogens (primary N) is 1. The molecule has 0 aliphatic heterocycles. The summed E-state index contributed by atoms with van der Waals surface area (Å²) >= 11 is 0. The van der Waals surface area contributed by atoms with Crippen LogP contribution in [0.5, 0.6) is 0 Å². The fraction of sp³-hybridized carbons (Fsp3) is 0.0833. The molecule has 3 N–H and O–H groups in total. The lowest BCUT2D eigenvalue weighted by molar-refractivity contribution is 0.570. The summed E-state index contributed by atoms with van der Waals surface area (Å²) in [5.41, 5.74) is 6.18. The Morgan fingerprint density at radius 3 is 2.63 bits per heavy atom. The summed E-state index contributed by atoms with van der Waals surface area (Å²) in [4.78, 5) is 3.53. The van der Waals surface area contributed by atoms with E-state index in [9.17, 15) is 12.8 Å². The van der Waals surface area contributed by atoms with Gasteiger partial charge in [-0.2, -0.15) is 0 Å². The van der Waals surface area contributed by atoms with Crippen molar-refractivity contribution < 1.29 is 12.8 Å². The first-order chi connectivity index (χ1) is 8.88. The van der Waals surface area contributed by atoms with Crippen LogP contribution in [0, 0.1) is 12.7 Å². The number of nitrogens with one attached hydrogen (secondary N) is 1. The molecule has 0 spiro atoms. The van der Waals surface area contributed by atoms with Crippen molar-refractivity contribution in [2.45, 2.75) is 11.8 Å². The van der Waals surface area contributed by atoms with Crippen molar-refractivity contribution in [1.29, 1.82) is 0 Å². The van der Waals surface area contributed by atoms with Crippen LogP contribution in [0.2, 0.25) is 0 Å². The number of rotatable bonds is 3. The third kappa shape index (κ3) is 3.00. The minimum absolute atomic E-state index is 0.135. The summed E-state index contributed by atoms with van der Waals surface area (Å²) in [5, 5.41) is 0. The Kier molecular flexibility index (Phi) is 3.39. The van der Waals surface area contributed by atoms with Crippen molar-refractivity contribution in [1.82, 2.24) is 4.98 Å². The number of halogens is 1. The molecule has 0 amide bonds. The number of sulfonamides is 1. The summed E-state index contributed by atoms with van der Waals surface area (Å²) in [5.74, 6) is -0.767. The van der Waals surface area contributed by atoms with Crippen molar-refractivity contribution >= 4 is 21.5 Å². The number of pyridine rings is 1. The number of nitrogen functional groups attached to an aromatic ring is 1. The van der Waals surface area contributed by atoms with E-state index in [4.69, 9.17) is 5.73 Å². The minimum Gasteiger partial charge on any atom is -0.399 e. The first-order valence-corrected chi connectivity index (χ1v) is 6.88. The van der Waals surface area contributed by atoms with Gasteiger partial charge in [0.2, 0.25) is 0 Å². The highest BCUT2D eigenvalue weighted by atomic mass is 32.2. The third-order valence-corrected chi connectivity index (χ3v) is 3.76. The van der Waals surface area contributed by atoms with Crippen molar-refractivity contribution in [3.05, 3.63) is 47.9 Å². The van der Waals surface area contributed by atoms with E-state index in [1.54, 1.807) is 19.1 Å². The molecule has 0 aliphatic carbocycles. The fourth-order valence-electron chi connectivity index (χ4n) is 1.53. The van der Waals surface area contributed by atoms with Crippen molar-refractivity contribution in [3.8, 4) is 0 Å². The van der Waals surface area contributed by atoms with Crippen LogP contribution in [0.1, 0.15) is 5.69 Å². The van der Waals surface area contributed by atoms with Gasteiger partial charge in [0.05, 0.1) is 0 Å². The molecule has 2 aromatic rings. The van der Waals surface area contributed by atoms with Crippen LogP contribution in [-0.4, -0.2) is 13.4 Å². The predicted molar refractivity (Wildman–Crippen MR) is 70.6 cm³/mol. The van der Waals surface area contributed by atoms with Crippen LogP contribution in [0.4, 0.5) is 15.9 Å². The summed E-state index contributed by atoms with van der Waals surface area (Å²) in [6, 6.07) is 8.25. The van der Waals surface area contributed by atoms with Gasteiger partial charge >= 0.3 is 0 Å². The van der Waals surface area contributed by atoms with E-state index < -0.39 is 20.7 Å². The molecule has 0 aliphatic rings. The van der Waals surface area contributed by atoms with E-state index in [0.717, 1.165) is 12.1 Å². The van der Waals surface area contributed by atoms with Crippen LogP contribution in [0.15, 0.2) is 41.3 Å². The minimum atomic E-state index is -4.02. The largest absolute Gasteiger partial charge is 0.399 e. The van der Waals surface area contributed by atoms with Crippen molar-refractivity contribution in [2.75, 3.05) is 10.5 Å². The summed E-state index contributed by atoms with van der Waals surface area (Å²) in [7, 11) is -4.02. The van der Waals surface area contributed by atoms with Gasteiger partial charge in [0.25, 0.3) is 10.0 Å². The van der Waals surface area contributed by atoms with E-state index in [2.05, 4.69) is 9.71 Å². The lowest BCUT2D eigenvalue weighted by Gasteiger charge is -2.08. The zero-order valence-electron chi connectivity index (χ0n) is 10.1. The molecule has 0 atom stereocenters. The molecule has 0 fully saturated rings. The molecule has 1 aromatic heterocycles. The standard InChI is InChI=1S/C12H12FN3O2S/c1-8-3-2-4-12(15-8)16-19(17,18)11-6-5-9(14)7-10(11)13/h2-7H,14H2,1H3,(H,15,16). The van der Waals surface area contributed by atoms with Gasteiger partial charge in [0, 0.05) is 11.4 Å². The number of benzene rings is 1. The normalized spacial score (nSPS) is 11.3. The summed E-state index contributed by atoms with van der Waals surface area (Å²) < 4.78 is 39.9. The second-order valence-electron chi connectivity index (χ2n) is 3.96. The van der Waals surface area contributed by atoms with Crippen molar-refractivity contribution in [3.63, 3.8) is 0 Å². The number of anilines is 2. The number of aryl methyl sites for hydroxylation is 1. The Morgan fingerprint density at radius 1 is 1.26 bits per heavy atom. The zero-order chi connectivity index (χ0) is 14.0. The van der Waals surface area contributed by atoms with Gasteiger partial charge in [-0.3, -0.25) is 4.72 Å². The first kappa shape index (κ1) is 13.3. The molecule has 19 heavy (non-hydrogen) atoms. The zero-order valence-corrected chi connectivity index (χ0v) is 10.9. The number of aromatic nitrogens is 1. The van der Waals surface area contributed by atoms with Crippen LogP contribution < -0.4 is 10.5 Å². The number of hydrogen-bond donors (Lipinski definition) is 2. The van der Waals surface area contributed by atoms with E-state index >= 15 is 0 Å². The topological polar surface area (TPSA) is 85.1 Å². The van der Waals surface area contributed by atoms with Crippen LogP contribution >= 0.6 is 0 Å². The second-order valence-corrected chi connectivity index (χ2v) is 5.61. The molecule has 2 rings (SSSR count).